The van der Waals surface area contributed by atoms with Crippen LogP contribution in [-0.4, -0.2) is 39.2 Å². The molecule has 5 nitrogen and oxygen atoms in total. The monoisotopic (exact) mass is 307 g/mol. The first-order chi connectivity index (χ1) is 10.2. The zero-order valence-electron chi connectivity index (χ0n) is 12.4. The summed E-state index contributed by atoms with van der Waals surface area (Å²) in [5.74, 6) is 0.953. The van der Waals surface area contributed by atoms with Gasteiger partial charge in [0.05, 0.1) is 6.04 Å². The molecule has 0 bridgehead atoms. The Hall–Kier alpha value is -1.30. The van der Waals surface area contributed by atoms with Crippen LogP contribution in [0.4, 0.5) is 0 Å². The predicted molar refractivity (Wildman–Crippen MR) is 82.7 cm³/mol. The molecule has 0 aromatic carbocycles. The summed E-state index contributed by atoms with van der Waals surface area (Å²) in [5, 5.41) is 0.749. The highest BCUT2D eigenvalue weighted by molar-refractivity contribution is 7.99. The maximum absolute atomic E-state index is 12.5. The number of aromatic nitrogens is 2. The van der Waals surface area contributed by atoms with Crippen molar-refractivity contribution >= 4 is 17.7 Å². The van der Waals surface area contributed by atoms with Crippen molar-refractivity contribution in [2.75, 3.05) is 18.8 Å². The smallest absolute Gasteiger partial charge is 0.257 e. The van der Waals surface area contributed by atoms with Gasteiger partial charge in [0, 0.05) is 37.0 Å². The minimum atomic E-state index is -0.0411. The minimum absolute atomic E-state index is 0.00123. The van der Waals surface area contributed by atoms with E-state index in [-0.39, 0.29) is 17.5 Å². The van der Waals surface area contributed by atoms with Crippen LogP contribution in [0.3, 0.4) is 0 Å². The lowest BCUT2D eigenvalue weighted by atomic mass is 10.2. The molecule has 0 unspecified atom stereocenters. The van der Waals surface area contributed by atoms with Gasteiger partial charge in [-0.15, -0.1) is 0 Å². The lowest BCUT2D eigenvalue weighted by molar-refractivity contribution is -0.131. The summed E-state index contributed by atoms with van der Waals surface area (Å²) in [6.45, 7) is 3.51. The van der Waals surface area contributed by atoms with Crippen molar-refractivity contribution in [1.82, 2.24) is 14.5 Å². The van der Waals surface area contributed by atoms with E-state index in [2.05, 4.69) is 4.98 Å². The standard InChI is InChI=1S/C15H21N3O2S/c1-11-9-16-15-18(14(11)20)12(10-21-15)8-13(19)17-6-4-2-3-5-7-17/h9,12H,2-8,10H2,1H3/t12-/m1/s1. The molecule has 0 aliphatic carbocycles. The normalized spacial score (nSPS) is 22.0. The molecule has 0 spiro atoms. The number of nitrogens with zero attached hydrogens (tertiary/aromatic N) is 3. The number of thioether (sulfide) groups is 1. The van der Waals surface area contributed by atoms with Crippen LogP contribution in [0.25, 0.3) is 0 Å². The van der Waals surface area contributed by atoms with E-state index in [1.54, 1.807) is 29.4 Å². The number of amides is 1. The van der Waals surface area contributed by atoms with Crippen LogP contribution in [0.1, 0.15) is 43.7 Å². The molecule has 114 valence electrons. The summed E-state index contributed by atoms with van der Waals surface area (Å²) in [7, 11) is 0. The average molecular weight is 307 g/mol. The fourth-order valence-corrected chi connectivity index (χ4v) is 4.13. The van der Waals surface area contributed by atoms with E-state index in [9.17, 15) is 9.59 Å². The van der Waals surface area contributed by atoms with Crippen LogP contribution >= 0.6 is 11.8 Å². The van der Waals surface area contributed by atoms with Crippen molar-refractivity contribution in [2.24, 2.45) is 0 Å². The minimum Gasteiger partial charge on any atom is -0.343 e. The third kappa shape index (κ3) is 3.00. The van der Waals surface area contributed by atoms with Crippen molar-refractivity contribution in [1.29, 1.82) is 0 Å². The number of carbonyl (C=O) groups excluding carboxylic acids is 1. The number of fused-ring (bicyclic) bond motifs is 1. The van der Waals surface area contributed by atoms with Gasteiger partial charge in [-0.05, 0) is 19.8 Å². The molecule has 3 rings (SSSR count). The highest BCUT2D eigenvalue weighted by atomic mass is 32.2. The van der Waals surface area contributed by atoms with Gasteiger partial charge >= 0.3 is 0 Å². The van der Waals surface area contributed by atoms with Gasteiger partial charge in [-0.1, -0.05) is 24.6 Å². The first-order valence-corrected chi connectivity index (χ1v) is 8.64. The van der Waals surface area contributed by atoms with Crippen molar-refractivity contribution in [3.63, 3.8) is 0 Å². The molecule has 21 heavy (non-hydrogen) atoms. The van der Waals surface area contributed by atoms with E-state index in [0.29, 0.717) is 12.0 Å². The van der Waals surface area contributed by atoms with Crippen LogP contribution in [0.5, 0.6) is 0 Å². The van der Waals surface area contributed by atoms with Gasteiger partial charge in [-0.3, -0.25) is 14.2 Å². The SMILES string of the molecule is Cc1cnc2n(c1=O)[C@H](CC(=O)N1CCCCCC1)CS2. The summed E-state index contributed by atoms with van der Waals surface area (Å²) < 4.78 is 1.72. The second kappa shape index (κ2) is 6.22. The van der Waals surface area contributed by atoms with E-state index in [1.165, 1.54) is 12.8 Å². The largest absolute Gasteiger partial charge is 0.343 e. The Labute approximate surface area is 128 Å². The number of hydrogen-bond donors (Lipinski definition) is 0. The molecule has 0 N–H and O–H groups in total. The van der Waals surface area contributed by atoms with Crippen LogP contribution in [0, 0.1) is 6.92 Å². The van der Waals surface area contributed by atoms with Crippen molar-refractivity contribution < 1.29 is 4.79 Å². The van der Waals surface area contributed by atoms with Gasteiger partial charge in [0.1, 0.15) is 0 Å². The highest BCUT2D eigenvalue weighted by Crippen LogP contribution is 2.32. The fraction of sp³-hybridized carbons (Fsp3) is 0.667. The van der Waals surface area contributed by atoms with Gasteiger partial charge in [0.2, 0.25) is 5.91 Å². The zero-order chi connectivity index (χ0) is 14.8. The number of likely N-dealkylation sites (tertiary alicyclic amines) is 1. The summed E-state index contributed by atoms with van der Waals surface area (Å²) in [6, 6.07) is -0.0411. The Morgan fingerprint density at radius 2 is 2.05 bits per heavy atom. The molecular weight excluding hydrogens is 286 g/mol. The van der Waals surface area contributed by atoms with Crippen LogP contribution < -0.4 is 5.56 Å². The van der Waals surface area contributed by atoms with E-state index in [1.807, 2.05) is 4.90 Å². The van der Waals surface area contributed by atoms with Gasteiger partial charge < -0.3 is 4.90 Å². The Morgan fingerprint density at radius 1 is 1.33 bits per heavy atom. The molecule has 3 heterocycles. The fourth-order valence-electron chi connectivity index (χ4n) is 3.02. The molecule has 1 fully saturated rings. The van der Waals surface area contributed by atoms with E-state index in [0.717, 1.165) is 36.8 Å². The van der Waals surface area contributed by atoms with Gasteiger partial charge in [-0.2, -0.15) is 0 Å². The Kier molecular flexibility index (Phi) is 4.33. The number of rotatable bonds is 2. The molecule has 1 atom stereocenters. The molecule has 2 aliphatic rings. The van der Waals surface area contributed by atoms with Crippen molar-refractivity contribution in [3.05, 3.63) is 22.1 Å². The lowest BCUT2D eigenvalue weighted by Gasteiger charge is -2.22. The highest BCUT2D eigenvalue weighted by Gasteiger charge is 2.29. The first kappa shape index (κ1) is 14.6. The maximum Gasteiger partial charge on any atom is 0.257 e. The van der Waals surface area contributed by atoms with Crippen LogP contribution in [-0.2, 0) is 4.79 Å². The number of hydrogen-bond acceptors (Lipinski definition) is 4. The van der Waals surface area contributed by atoms with E-state index in [4.69, 9.17) is 0 Å². The molecule has 1 aromatic heterocycles. The topological polar surface area (TPSA) is 55.2 Å². The molecule has 2 aliphatic heterocycles. The van der Waals surface area contributed by atoms with Crippen molar-refractivity contribution in [3.8, 4) is 0 Å². The third-order valence-corrected chi connectivity index (χ3v) is 5.38. The van der Waals surface area contributed by atoms with Crippen LogP contribution in [0.15, 0.2) is 16.1 Å². The average Bonchev–Trinajstić information content (AvgIpc) is 2.71. The van der Waals surface area contributed by atoms with Crippen molar-refractivity contribution in [2.45, 2.75) is 50.2 Å². The summed E-state index contributed by atoms with van der Waals surface area (Å²) >= 11 is 1.57. The van der Waals surface area contributed by atoms with Gasteiger partial charge in [-0.25, -0.2) is 4.98 Å². The summed E-state index contributed by atoms with van der Waals surface area (Å²) in [5.41, 5.74) is 0.645. The number of aryl methyl sites for hydroxylation is 1. The van der Waals surface area contributed by atoms with Gasteiger partial charge in [0.15, 0.2) is 5.16 Å². The summed E-state index contributed by atoms with van der Waals surface area (Å²) in [6.07, 6.45) is 6.68. The first-order valence-electron chi connectivity index (χ1n) is 7.65. The number of carbonyl (C=O) groups is 1. The lowest BCUT2D eigenvalue weighted by Crippen LogP contribution is -2.35. The Bertz CT molecular complexity index is 591. The van der Waals surface area contributed by atoms with E-state index >= 15 is 0 Å². The predicted octanol–water partition coefficient (Wildman–Crippen LogP) is 1.99. The maximum atomic E-state index is 12.5. The second-order valence-electron chi connectivity index (χ2n) is 5.86. The Balaban J connectivity index is 1.74. The molecule has 0 radical (unpaired) electrons. The molecule has 1 aromatic rings. The van der Waals surface area contributed by atoms with Gasteiger partial charge in [0.25, 0.3) is 5.56 Å². The molecular formula is C15H21N3O2S. The molecule has 6 heteroatoms. The van der Waals surface area contributed by atoms with Crippen LogP contribution in [0.2, 0.25) is 0 Å². The molecule has 1 saturated heterocycles. The summed E-state index contributed by atoms with van der Waals surface area (Å²) in [4.78, 5) is 31.0. The molecule has 0 saturated carbocycles. The zero-order valence-corrected chi connectivity index (χ0v) is 13.2. The van der Waals surface area contributed by atoms with E-state index < -0.39 is 0 Å². The Morgan fingerprint density at radius 3 is 2.76 bits per heavy atom. The molecule has 1 amide bonds. The second-order valence-corrected chi connectivity index (χ2v) is 6.85. The quantitative estimate of drug-likeness (QED) is 0.784. The third-order valence-electron chi connectivity index (χ3n) is 4.27.